The lowest BCUT2D eigenvalue weighted by molar-refractivity contribution is 0.669. The number of nitrogens with zero attached hydrogens (tertiary/aromatic N) is 1. The second-order valence-corrected chi connectivity index (χ2v) is 12.1. The maximum atomic E-state index is 8.83. The van der Waals surface area contributed by atoms with Gasteiger partial charge in [-0.05, 0) is 93.2 Å². The van der Waals surface area contributed by atoms with Crippen LogP contribution >= 0.6 is 0 Å². The lowest BCUT2D eigenvalue weighted by atomic mass is 9.89. The summed E-state index contributed by atoms with van der Waals surface area (Å²) >= 11 is 0. The summed E-state index contributed by atoms with van der Waals surface area (Å²) in [5, 5.41) is 21.3. The summed E-state index contributed by atoms with van der Waals surface area (Å²) in [5.74, 6) is 0. The van der Waals surface area contributed by atoms with E-state index in [4.69, 9.17) is 15.2 Å². The van der Waals surface area contributed by atoms with E-state index in [-0.39, 0.29) is 11.4 Å². The van der Waals surface area contributed by atoms with E-state index in [9.17, 15) is 0 Å². The van der Waals surface area contributed by atoms with Gasteiger partial charge in [0, 0.05) is 33.4 Å². The second-order valence-electron chi connectivity index (χ2n) is 12.1. The first-order valence-electron chi connectivity index (χ1n) is 16.0. The van der Waals surface area contributed by atoms with Crippen molar-refractivity contribution in [1.82, 2.24) is 0 Å². The molecule has 226 valence electrons. The molecule has 1 aliphatic rings. The van der Waals surface area contributed by atoms with Crippen LogP contribution in [0, 0.1) is 10.8 Å². The fraction of sp³-hybridized carbons (Fsp3) is 0. The van der Waals surface area contributed by atoms with Gasteiger partial charge in [-0.2, -0.15) is 0 Å². The van der Waals surface area contributed by atoms with Crippen LogP contribution in [0.1, 0.15) is 11.1 Å². The Kier molecular flexibility index (Phi) is 6.41. The molecule has 0 amide bonds. The van der Waals surface area contributed by atoms with Gasteiger partial charge in [0.15, 0.2) is 0 Å². The van der Waals surface area contributed by atoms with Crippen LogP contribution in [-0.4, -0.2) is 11.4 Å². The molecule has 0 spiro atoms. The van der Waals surface area contributed by atoms with Gasteiger partial charge in [0.25, 0.3) is 0 Å². The van der Waals surface area contributed by atoms with E-state index >= 15 is 0 Å². The Balaban J connectivity index is 1.27. The number of benzene rings is 7. The molecule has 4 nitrogen and oxygen atoms in total. The number of anilines is 3. The number of hydrogen-bond acceptors (Lipinski definition) is 4. The smallest absolute Gasteiger partial charge is 0.135 e. The minimum atomic E-state index is 0.222. The third-order valence-electron chi connectivity index (χ3n) is 9.29. The molecule has 0 atom stereocenters. The summed E-state index contributed by atoms with van der Waals surface area (Å²) in [6, 6.07) is 52.9. The number of rotatable bonds is 5. The van der Waals surface area contributed by atoms with Crippen LogP contribution in [0.25, 0.3) is 61.0 Å². The summed E-state index contributed by atoms with van der Waals surface area (Å²) in [6.45, 7) is 0. The van der Waals surface area contributed by atoms with Gasteiger partial charge in [-0.3, -0.25) is 10.8 Å². The lowest BCUT2D eigenvalue weighted by Crippen LogP contribution is -2.16. The average molecular weight is 616 g/mol. The van der Waals surface area contributed by atoms with Crippen molar-refractivity contribution in [2.24, 2.45) is 0 Å². The molecule has 8 aromatic rings. The van der Waals surface area contributed by atoms with Crippen molar-refractivity contribution in [3.63, 3.8) is 0 Å². The van der Waals surface area contributed by atoms with Crippen LogP contribution in [0.15, 0.2) is 162 Å². The largest absolute Gasteiger partial charge is 0.456 e. The molecule has 0 unspecified atom stereocenters. The molecule has 0 radical (unpaired) electrons. The highest BCUT2D eigenvalue weighted by Gasteiger charge is 2.21. The van der Waals surface area contributed by atoms with Gasteiger partial charge < -0.3 is 9.32 Å². The number of allylic oxidation sites excluding steroid dienone is 1. The van der Waals surface area contributed by atoms with Crippen molar-refractivity contribution in [2.75, 3.05) is 4.90 Å². The first-order chi connectivity index (χ1) is 23.6. The normalized spacial score (nSPS) is 12.6. The Morgan fingerprint density at radius 1 is 0.458 bits per heavy atom. The van der Waals surface area contributed by atoms with Crippen LogP contribution < -0.4 is 4.90 Å². The summed E-state index contributed by atoms with van der Waals surface area (Å²) in [4.78, 5) is 2.28. The van der Waals surface area contributed by atoms with E-state index in [1.54, 1.807) is 6.08 Å². The maximum absolute atomic E-state index is 8.83. The maximum Gasteiger partial charge on any atom is 0.135 e. The molecule has 9 rings (SSSR count). The van der Waals surface area contributed by atoms with Crippen LogP contribution in [0.5, 0.6) is 0 Å². The number of fused-ring (bicyclic) bond motifs is 6. The molecule has 1 aliphatic carbocycles. The van der Waals surface area contributed by atoms with E-state index in [0.29, 0.717) is 0 Å². The van der Waals surface area contributed by atoms with Crippen molar-refractivity contribution in [2.45, 2.75) is 0 Å². The first-order valence-corrected chi connectivity index (χ1v) is 16.0. The fourth-order valence-corrected chi connectivity index (χ4v) is 6.99. The van der Waals surface area contributed by atoms with Crippen LogP contribution in [0.4, 0.5) is 17.1 Å². The molecular formula is C44H29N3O. The first kappa shape index (κ1) is 27.8. The Labute approximate surface area is 277 Å². The number of para-hydroxylation sites is 1. The van der Waals surface area contributed by atoms with Gasteiger partial charge in [0.1, 0.15) is 11.2 Å². The van der Waals surface area contributed by atoms with Crippen molar-refractivity contribution in [3.05, 3.63) is 169 Å². The molecule has 1 heterocycles. The summed E-state index contributed by atoms with van der Waals surface area (Å²) in [5.41, 5.74) is 11.5. The zero-order valence-electron chi connectivity index (χ0n) is 25.9. The highest BCUT2D eigenvalue weighted by molar-refractivity contribution is 6.53. The van der Waals surface area contributed by atoms with Crippen molar-refractivity contribution < 1.29 is 4.42 Å². The van der Waals surface area contributed by atoms with E-state index in [1.807, 2.05) is 36.4 Å². The number of nitrogens with one attached hydrogen (secondary N) is 2. The van der Waals surface area contributed by atoms with Gasteiger partial charge in [0.2, 0.25) is 0 Å². The van der Waals surface area contributed by atoms with E-state index in [0.717, 1.165) is 72.0 Å². The highest BCUT2D eigenvalue weighted by atomic mass is 16.3. The van der Waals surface area contributed by atoms with Crippen LogP contribution in [0.2, 0.25) is 0 Å². The number of furan rings is 1. The molecule has 4 heteroatoms. The fourth-order valence-electron chi connectivity index (χ4n) is 6.99. The standard InChI is InChI=1S/C44H29N3O/c45-40-23-20-30-18-17-29-19-21-33(26-38(29)43(30)44(40)46)47(34-22-24-42-39(27-34)37-15-6-7-16-41(37)48-42)32-12-8-11-31(25-32)36-14-5-4-13-35(36)28-9-2-1-3-10-28/h1-27,45-46H. The molecular weight excluding hydrogens is 587 g/mol. The molecule has 1 aromatic heterocycles. The quantitative estimate of drug-likeness (QED) is 0.202. The molecule has 0 saturated carbocycles. The van der Waals surface area contributed by atoms with E-state index in [2.05, 4.69) is 126 Å². The zero-order chi connectivity index (χ0) is 32.2. The van der Waals surface area contributed by atoms with Gasteiger partial charge in [-0.1, -0.05) is 109 Å². The topological polar surface area (TPSA) is 64.1 Å². The Morgan fingerprint density at radius 2 is 1.10 bits per heavy atom. The molecule has 48 heavy (non-hydrogen) atoms. The molecule has 0 fully saturated rings. The summed E-state index contributed by atoms with van der Waals surface area (Å²) in [7, 11) is 0. The van der Waals surface area contributed by atoms with Gasteiger partial charge in [-0.25, -0.2) is 0 Å². The predicted octanol–water partition coefficient (Wildman–Crippen LogP) is 12.0. The van der Waals surface area contributed by atoms with E-state index in [1.165, 1.54) is 11.1 Å². The average Bonchev–Trinajstić information content (AvgIpc) is 3.52. The third kappa shape index (κ3) is 4.54. The minimum Gasteiger partial charge on any atom is -0.456 e. The molecule has 0 aliphatic heterocycles. The molecule has 7 aromatic carbocycles. The summed E-state index contributed by atoms with van der Waals surface area (Å²) in [6.07, 6.45) is 3.64. The number of hydrogen-bond donors (Lipinski definition) is 2. The van der Waals surface area contributed by atoms with Gasteiger partial charge in [-0.15, -0.1) is 0 Å². The van der Waals surface area contributed by atoms with E-state index < -0.39 is 0 Å². The zero-order valence-corrected chi connectivity index (χ0v) is 25.9. The monoisotopic (exact) mass is 615 g/mol. The van der Waals surface area contributed by atoms with Crippen molar-refractivity contribution >= 4 is 67.3 Å². The SMILES string of the molecule is N=C1C=Cc2ccc3ccc(N(c4cccc(-c5ccccc5-c5ccccc5)c4)c4ccc5oc6ccccc6c5c4)cc3c2C1=N. The Morgan fingerprint density at radius 3 is 1.96 bits per heavy atom. The molecule has 0 bridgehead atoms. The van der Waals surface area contributed by atoms with Gasteiger partial charge >= 0.3 is 0 Å². The highest BCUT2D eigenvalue weighted by Crippen LogP contribution is 2.42. The van der Waals surface area contributed by atoms with Crippen LogP contribution in [-0.2, 0) is 0 Å². The second kappa shape index (κ2) is 11.1. The summed E-state index contributed by atoms with van der Waals surface area (Å²) < 4.78 is 6.20. The predicted molar refractivity (Wildman–Crippen MR) is 200 cm³/mol. The third-order valence-corrected chi connectivity index (χ3v) is 9.29. The molecule has 0 saturated heterocycles. The lowest BCUT2D eigenvalue weighted by Gasteiger charge is -2.27. The van der Waals surface area contributed by atoms with Crippen LogP contribution in [0.3, 0.4) is 0 Å². The van der Waals surface area contributed by atoms with Crippen molar-refractivity contribution in [3.8, 4) is 22.3 Å². The minimum absolute atomic E-state index is 0.222. The van der Waals surface area contributed by atoms with Crippen molar-refractivity contribution in [1.29, 1.82) is 10.8 Å². The van der Waals surface area contributed by atoms with Gasteiger partial charge in [0.05, 0.1) is 11.4 Å². The molecule has 2 N–H and O–H groups in total. The Bertz CT molecular complexity index is 2610. The Hall–Kier alpha value is -6.52.